The number of benzene rings is 1. The number of rotatable bonds is 9. The van der Waals surface area contributed by atoms with E-state index in [-0.39, 0.29) is 6.04 Å². The molecule has 4 nitrogen and oxygen atoms in total. The molecule has 2 unspecified atom stereocenters. The van der Waals surface area contributed by atoms with Gasteiger partial charge in [0.05, 0.1) is 12.7 Å². The Morgan fingerprint density at radius 3 is 2.80 bits per heavy atom. The summed E-state index contributed by atoms with van der Waals surface area (Å²) in [6.07, 6.45) is 0.511. The minimum atomic E-state index is -0.441. The summed E-state index contributed by atoms with van der Waals surface area (Å²) in [5, 5.41) is 13.8. The molecule has 0 saturated carbocycles. The second-order valence-electron chi connectivity index (χ2n) is 5.06. The molecular formula is C15H25ClN2O2. The molecule has 2 atom stereocenters. The zero-order valence-electron chi connectivity index (χ0n) is 12.5. The van der Waals surface area contributed by atoms with E-state index in [4.69, 9.17) is 16.3 Å². The van der Waals surface area contributed by atoms with Crippen LogP contribution in [0.4, 0.5) is 0 Å². The van der Waals surface area contributed by atoms with Gasteiger partial charge in [-0.2, -0.15) is 0 Å². The summed E-state index contributed by atoms with van der Waals surface area (Å²) in [4.78, 5) is 2.11. The first-order valence-corrected chi connectivity index (χ1v) is 7.23. The Morgan fingerprint density at radius 1 is 1.45 bits per heavy atom. The minimum absolute atomic E-state index is 0.260. The number of aliphatic hydroxyl groups is 1. The van der Waals surface area contributed by atoms with E-state index >= 15 is 0 Å². The standard InChI is InChI=1S/C15H25ClN2O2/c1-17-15(12-5-4-6-13(16)9-12)7-8-18(2)10-14(19)11-20-3/h4-6,9,14-15,17,19H,7-8,10-11H2,1-3H3. The van der Waals surface area contributed by atoms with E-state index < -0.39 is 6.10 Å². The maximum absolute atomic E-state index is 9.70. The van der Waals surface area contributed by atoms with Crippen LogP contribution in [0.25, 0.3) is 0 Å². The van der Waals surface area contributed by atoms with Crippen molar-refractivity contribution in [3.05, 3.63) is 34.9 Å². The van der Waals surface area contributed by atoms with Gasteiger partial charge in [-0.3, -0.25) is 0 Å². The Labute approximate surface area is 126 Å². The van der Waals surface area contributed by atoms with Gasteiger partial charge >= 0.3 is 0 Å². The largest absolute Gasteiger partial charge is 0.389 e. The van der Waals surface area contributed by atoms with E-state index in [9.17, 15) is 5.11 Å². The van der Waals surface area contributed by atoms with E-state index in [1.54, 1.807) is 7.11 Å². The lowest BCUT2D eigenvalue weighted by Crippen LogP contribution is -2.34. The fourth-order valence-corrected chi connectivity index (χ4v) is 2.45. The fraction of sp³-hybridized carbons (Fsp3) is 0.600. The molecule has 0 aliphatic rings. The van der Waals surface area contributed by atoms with Crippen LogP contribution in [0.15, 0.2) is 24.3 Å². The van der Waals surface area contributed by atoms with Crippen molar-refractivity contribution in [3.8, 4) is 0 Å². The molecule has 0 aliphatic carbocycles. The maximum atomic E-state index is 9.70. The highest BCUT2D eigenvalue weighted by Crippen LogP contribution is 2.20. The van der Waals surface area contributed by atoms with Crippen molar-refractivity contribution in [1.82, 2.24) is 10.2 Å². The van der Waals surface area contributed by atoms with Crippen molar-refractivity contribution < 1.29 is 9.84 Å². The number of nitrogens with one attached hydrogen (secondary N) is 1. The molecule has 0 radical (unpaired) electrons. The predicted octanol–water partition coefficient (Wildman–Crippen LogP) is 1.93. The van der Waals surface area contributed by atoms with Gasteiger partial charge in [0.15, 0.2) is 0 Å². The summed E-state index contributed by atoms with van der Waals surface area (Å²) in [6.45, 7) is 1.87. The van der Waals surface area contributed by atoms with Crippen LogP contribution in [-0.4, -0.2) is 57.0 Å². The second-order valence-corrected chi connectivity index (χ2v) is 5.49. The fourth-order valence-electron chi connectivity index (χ4n) is 2.25. The molecule has 5 heteroatoms. The Bertz CT molecular complexity index is 390. The molecule has 0 saturated heterocycles. The third-order valence-corrected chi connectivity index (χ3v) is 3.52. The Balaban J connectivity index is 2.45. The van der Waals surface area contributed by atoms with E-state index in [0.29, 0.717) is 13.2 Å². The normalized spacial score (nSPS) is 14.5. The molecule has 0 aliphatic heterocycles. The molecule has 0 amide bonds. The number of methoxy groups -OCH3 is 1. The van der Waals surface area contributed by atoms with Crippen LogP contribution in [0.1, 0.15) is 18.0 Å². The monoisotopic (exact) mass is 300 g/mol. The highest BCUT2D eigenvalue weighted by molar-refractivity contribution is 6.30. The number of likely N-dealkylation sites (N-methyl/N-ethyl adjacent to an activating group) is 1. The quantitative estimate of drug-likeness (QED) is 0.731. The van der Waals surface area contributed by atoms with Gasteiger partial charge in [0.25, 0.3) is 0 Å². The van der Waals surface area contributed by atoms with Crippen molar-refractivity contribution in [2.24, 2.45) is 0 Å². The first-order valence-electron chi connectivity index (χ1n) is 6.85. The van der Waals surface area contributed by atoms with Gasteiger partial charge in [-0.1, -0.05) is 23.7 Å². The number of aliphatic hydroxyl groups excluding tert-OH is 1. The molecule has 0 fully saturated rings. The summed E-state index contributed by atoms with van der Waals surface area (Å²) in [5.74, 6) is 0. The van der Waals surface area contributed by atoms with Gasteiger partial charge in [0.1, 0.15) is 0 Å². The average Bonchev–Trinajstić information content (AvgIpc) is 2.39. The molecular weight excluding hydrogens is 276 g/mol. The van der Waals surface area contributed by atoms with Crippen LogP contribution >= 0.6 is 11.6 Å². The third-order valence-electron chi connectivity index (χ3n) is 3.28. The van der Waals surface area contributed by atoms with Crippen LogP contribution in [0.5, 0.6) is 0 Å². The number of nitrogens with zero attached hydrogens (tertiary/aromatic N) is 1. The maximum Gasteiger partial charge on any atom is 0.0899 e. The topological polar surface area (TPSA) is 44.7 Å². The van der Waals surface area contributed by atoms with Crippen molar-refractivity contribution in [1.29, 1.82) is 0 Å². The van der Waals surface area contributed by atoms with Crippen molar-refractivity contribution in [2.75, 3.05) is 40.9 Å². The van der Waals surface area contributed by atoms with Crippen LogP contribution in [-0.2, 0) is 4.74 Å². The van der Waals surface area contributed by atoms with E-state index in [0.717, 1.165) is 18.0 Å². The summed E-state index contributed by atoms with van der Waals surface area (Å²) in [7, 11) is 5.55. The number of ether oxygens (including phenoxy) is 1. The van der Waals surface area contributed by atoms with Crippen LogP contribution in [0.2, 0.25) is 5.02 Å². The SMILES string of the molecule is CNC(CCN(C)CC(O)COC)c1cccc(Cl)c1. The first kappa shape index (κ1) is 17.4. The van der Waals surface area contributed by atoms with Gasteiger partial charge < -0.3 is 20.1 Å². The number of hydrogen-bond acceptors (Lipinski definition) is 4. The van der Waals surface area contributed by atoms with Crippen molar-refractivity contribution in [2.45, 2.75) is 18.6 Å². The summed E-state index contributed by atoms with van der Waals surface area (Å²) in [5.41, 5.74) is 1.19. The lowest BCUT2D eigenvalue weighted by atomic mass is 10.0. The van der Waals surface area contributed by atoms with E-state index in [2.05, 4.69) is 16.3 Å². The highest BCUT2D eigenvalue weighted by Gasteiger charge is 2.12. The third kappa shape index (κ3) is 6.20. The molecule has 0 heterocycles. The van der Waals surface area contributed by atoms with Gasteiger partial charge in [-0.25, -0.2) is 0 Å². The second kappa shape index (κ2) is 9.32. The van der Waals surface area contributed by atoms with Crippen LogP contribution in [0, 0.1) is 0 Å². The zero-order valence-corrected chi connectivity index (χ0v) is 13.2. The van der Waals surface area contributed by atoms with E-state index in [1.165, 1.54) is 5.56 Å². The highest BCUT2D eigenvalue weighted by atomic mass is 35.5. The predicted molar refractivity (Wildman–Crippen MR) is 83.2 cm³/mol. The molecule has 0 aromatic heterocycles. The minimum Gasteiger partial charge on any atom is -0.389 e. The molecule has 20 heavy (non-hydrogen) atoms. The first-order chi connectivity index (χ1) is 9.56. The van der Waals surface area contributed by atoms with Crippen molar-refractivity contribution >= 4 is 11.6 Å². The molecule has 2 N–H and O–H groups in total. The van der Waals surface area contributed by atoms with Gasteiger partial charge in [-0.15, -0.1) is 0 Å². The summed E-state index contributed by atoms with van der Waals surface area (Å²) < 4.78 is 4.93. The van der Waals surface area contributed by atoms with Crippen LogP contribution < -0.4 is 5.32 Å². The van der Waals surface area contributed by atoms with Gasteiger partial charge in [0.2, 0.25) is 0 Å². The molecule has 1 aromatic rings. The van der Waals surface area contributed by atoms with Gasteiger partial charge in [0, 0.05) is 24.7 Å². The van der Waals surface area contributed by atoms with Crippen molar-refractivity contribution in [3.63, 3.8) is 0 Å². The summed E-state index contributed by atoms with van der Waals surface area (Å²) >= 11 is 6.03. The number of halogens is 1. The number of hydrogen-bond donors (Lipinski definition) is 2. The Hall–Kier alpha value is -0.650. The van der Waals surface area contributed by atoms with Gasteiger partial charge in [-0.05, 0) is 44.8 Å². The molecule has 114 valence electrons. The smallest absolute Gasteiger partial charge is 0.0899 e. The Kier molecular flexibility index (Phi) is 8.11. The summed E-state index contributed by atoms with van der Waals surface area (Å²) in [6, 6.07) is 8.17. The molecule has 1 aromatic carbocycles. The Morgan fingerprint density at radius 2 is 2.20 bits per heavy atom. The zero-order chi connectivity index (χ0) is 15.0. The molecule has 1 rings (SSSR count). The lowest BCUT2D eigenvalue weighted by Gasteiger charge is -2.23. The molecule has 0 spiro atoms. The lowest BCUT2D eigenvalue weighted by molar-refractivity contribution is 0.0426. The average molecular weight is 301 g/mol. The molecule has 0 bridgehead atoms. The van der Waals surface area contributed by atoms with Crippen LogP contribution in [0.3, 0.4) is 0 Å². The van der Waals surface area contributed by atoms with E-state index in [1.807, 2.05) is 32.3 Å².